The summed E-state index contributed by atoms with van der Waals surface area (Å²) >= 11 is 0. The van der Waals surface area contributed by atoms with Crippen LogP contribution in [0.25, 0.3) is 0 Å². The SMILES string of the molecule is CCCC[N+](CCCC)(CCCC)CCCC.C[C@]1(Cn2ccnn2)[C@H](C(=O)[O-])N2C(=O)C[C@H]2S1(=O)=O. The van der Waals surface area contributed by atoms with Crippen LogP contribution in [0.5, 0.6) is 0 Å². The molecule has 1 aromatic rings. The Balaban J connectivity index is 0.000000265. The zero-order valence-electron chi connectivity index (χ0n) is 23.4. The van der Waals surface area contributed by atoms with Gasteiger partial charge in [-0.15, -0.1) is 5.10 Å². The molecule has 10 nitrogen and oxygen atoms in total. The third-order valence-corrected chi connectivity index (χ3v) is 10.7. The summed E-state index contributed by atoms with van der Waals surface area (Å²) in [4.78, 5) is 23.8. The van der Waals surface area contributed by atoms with Gasteiger partial charge in [0, 0.05) is 6.20 Å². The van der Waals surface area contributed by atoms with E-state index in [9.17, 15) is 23.1 Å². The number of amides is 1. The molecule has 0 bridgehead atoms. The molecule has 37 heavy (non-hydrogen) atoms. The molecule has 2 saturated heterocycles. The lowest BCUT2D eigenvalue weighted by Crippen LogP contribution is -2.61. The van der Waals surface area contributed by atoms with Crippen molar-refractivity contribution in [3.8, 4) is 0 Å². The molecule has 0 N–H and O–H groups in total. The zero-order valence-corrected chi connectivity index (χ0v) is 24.2. The average molecular weight is 542 g/mol. The highest BCUT2D eigenvalue weighted by Crippen LogP contribution is 2.46. The summed E-state index contributed by atoms with van der Waals surface area (Å²) in [6, 6.07) is -1.51. The van der Waals surface area contributed by atoms with Crippen molar-refractivity contribution in [2.75, 3.05) is 26.2 Å². The fourth-order valence-corrected chi connectivity index (χ4v) is 7.91. The summed E-state index contributed by atoms with van der Waals surface area (Å²) in [5.74, 6) is -2.07. The minimum absolute atomic E-state index is 0.181. The smallest absolute Gasteiger partial charge is 0.227 e. The molecule has 0 radical (unpaired) electrons. The lowest BCUT2D eigenvalue weighted by molar-refractivity contribution is -0.929. The number of carboxylic acids is 1. The Labute approximate surface area is 222 Å². The second-order valence-electron chi connectivity index (χ2n) is 10.8. The minimum atomic E-state index is -3.84. The van der Waals surface area contributed by atoms with E-state index in [1.54, 1.807) is 0 Å². The topological polar surface area (TPSA) is 125 Å². The van der Waals surface area contributed by atoms with Crippen LogP contribution in [0.3, 0.4) is 0 Å². The number of sulfone groups is 1. The monoisotopic (exact) mass is 541 g/mol. The van der Waals surface area contributed by atoms with Crippen molar-refractivity contribution in [2.45, 2.75) is 115 Å². The van der Waals surface area contributed by atoms with E-state index in [1.807, 2.05) is 0 Å². The van der Waals surface area contributed by atoms with E-state index < -0.39 is 37.9 Å². The van der Waals surface area contributed by atoms with Crippen molar-refractivity contribution in [3.05, 3.63) is 12.4 Å². The Morgan fingerprint density at radius 3 is 1.86 bits per heavy atom. The van der Waals surface area contributed by atoms with Crippen molar-refractivity contribution < 1.29 is 27.6 Å². The third-order valence-electron chi connectivity index (χ3n) is 7.93. The number of rotatable bonds is 15. The van der Waals surface area contributed by atoms with Gasteiger partial charge < -0.3 is 19.3 Å². The standard InChI is InChI=1S/C16H36N.C10H12N4O5S/c1-5-9-13-17(14-10-6-2,15-11-7-3)16-12-8-4;1-10(5-13-3-2-11-12-13)8(9(16)17)14-6(15)4-7(14)20(10,18)19/h5-16H2,1-4H3;2-3,7-8H,4-5H2,1H3,(H,16,17)/q+1;/p-1/t;7-,8+,10+/m.1/s1. The molecule has 2 fully saturated rings. The summed E-state index contributed by atoms with van der Waals surface area (Å²) in [6.45, 7) is 16.1. The van der Waals surface area contributed by atoms with E-state index >= 15 is 0 Å². The number of carbonyl (C=O) groups excluding carboxylic acids is 2. The first kappa shape index (κ1) is 31.2. The number of unbranched alkanes of at least 4 members (excludes halogenated alkanes) is 4. The molecule has 2 aliphatic heterocycles. The number of quaternary nitrogens is 1. The number of aromatic nitrogens is 3. The number of β-lactam (4-membered cyclic amide) rings is 1. The van der Waals surface area contributed by atoms with Crippen LogP contribution >= 0.6 is 0 Å². The fourth-order valence-electron chi connectivity index (χ4n) is 5.55. The molecule has 3 rings (SSSR count). The minimum Gasteiger partial charge on any atom is -0.548 e. The Morgan fingerprint density at radius 2 is 1.51 bits per heavy atom. The van der Waals surface area contributed by atoms with Crippen LogP contribution < -0.4 is 5.11 Å². The molecule has 11 heteroatoms. The van der Waals surface area contributed by atoms with Gasteiger partial charge in [-0.1, -0.05) is 58.6 Å². The van der Waals surface area contributed by atoms with E-state index in [4.69, 9.17) is 0 Å². The molecule has 3 atom stereocenters. The van der Waals surface area contributed by atoms with E-state index in [-0.39, 0.29) is 13.0 Å². The Morgan fingerprint density at radius 1 is 1.03 bits per heavy atom. The van der Waals surface area contributed by atoms with Gasteiger partial charge in [0.25, 0.3) is 0 Å². The Kier molecular flexibility index (Phi) is 11.5. The van der Waals surface area contributed by atoms with Gasteiger partial charge in [-0.2, -0.15) is 0 Å². The molecular formula is C26H47N5O5S. The van der Waals surface area contributed by atoms with Crippen molar-refractivity contribution in [3.63, 3.8) is 0 Å². The van der Waals surface area contributed by atoms with Crippen LogP contribution in [0.2, 0.25) is 0 Å². The van der Waals surface area contributed by atoms with Crippen molar-refractivity contribution in [1.29, 1.82) is 0 Å². The van der Waals surface area contributed by atoms with Crippen LogP contribution in [0.15, 0.2) is 12.4 Å². The average Bonchev–Trinajstić information content (AvgIpc) is 3.41. The first-order valence-electron chi connectivity index (χ1n) is 14.0. The predicted octanol–water partition coefficient (Wildman–Crippen LogP) is 2.15. The molecule has 0 unspecified atom stereocenters. The number of fused-ring (bicyclic) bond motifs is 1. The number of aliphatic carboxylic acids is 1. The maximum absolute atomic E-state index is 12.5. The van der Waals surface area contributed by atoms with Gasteiger partial charge in [-0.25, -0.2) is 8.42 Å². The number of nitrogens with zero attached hydrogens (tertiary/aromatic N) is 5. The van der Waals surface area contributed by atoms with E-state index in [0.29, 0.717) is 0 Å². The summed E-state index contributed by atoms with van der Waals surface area (Å²) < 4.78 is 26.0. The summed E-state index contributed by atoms with van der Waals surface area (Å²) in [5.41, 5.74) is 0. The molecule has 1 amide bonds. The summed E-state index contributed by atoms with van der Waals surface area (Å²) in [5, 5.41) is 17.5. The van der Waals surface area contributed by atoms with Gasteiger partial charge in [-0.3, -0.25) is 9.48 Å². The number of carbonyl (C=O) groups is 2. The molecule has 0 spiro atoms. The van der Waals surface area contributed by atoms with Gasteiger partial charge >= 0.3 is 0 Å². The highest BCUT2D eigenvalue weighted by atomic mass is 32.2. The quantitative estimate of drug-likeness (QED) is 0.246. The van der Waals surface area contributed by atoms with Gasteiger partial charge in [0.05, 0.1) is 57.4 Å². The maximum atomic E-state index is 12.5. The normalized spacial score (nSPS) is 24.2. The van der Waals surface area contributed by atoms with Crippen LogP contribution in [0.1, 0.15) is 92.4 Å². The second kappa shape index (κ2) is 13.7. The van der Waals surface area contributed by atoms with Gasteiger partial charge in [0.2, 0.25) is 5.91 Å². The maximum Gasteiger partial charge on any atom is 0.227 e. The largest absolute Gasteiger partial charge is 0.548 e. The Hall–Kier alpha value is -2.01. The lowest BCUT2D eigenvalue weighted by atomic mass is 9.96. The van der Waals surface area contributed by atoms with Crippen LogP contribution in [-0.4, -0.2) is 87.0 Å². The second-order valence-corrected chi connectivity index (χ2v) is 13.4. The van der Waals surface area contributed by atoms with Crippen LogP contribution in [-0.2, 0) is 26.0 Å². The van der Waals surface area contributed by atoms with Crippen molar-refractivity contribution in [1.82, 2.24) is 19.9 Å². The first-order valence-corrected chi connectivity index (χ1v) is 15.5. The van der Waals surface area contributed by atoms with Crippen LogP contribution in [0.4, 0.5) is 0 Å². The molecule has 0 saturated carbocycles. The molecule has 0 aliphatic carbocycles. The summed E-state index contributed by atoms with van der Waals surface area (Å²) in [7, 11) is -3.84. The zero-order chi connectivity index (χ0) is 27.7. The van der Waals surface area contributed by atoms with E-state index in [1.165, 1.54) is 106 Å². The van der Waals surface area contributed by atoms with Crippen molar-refractivity contribution in [2.24, 2.45) is 0 Å². The molecule has 3 heterocycles. The third kappa shape index (κ3) is 6.90. The van der Waals surface area contributed by atoms with E-state index in [2.05, 4.69) is 38.0 Å². The number of hydrogen-bond acceptors (Lipinski definition) is 7. The first-order chi connectivity index (χ1) is 17.5. The molecule has 0 aromatic carbocycles. The number of carboxylic acid groups (broad SMARTS) is 1. The molecule has 1 aromatic heterocycles. The Bertz CT molecular complexity index is 931. The molecule has 212 valence electrons. The lowest BCUT2D eigenvalue weighted by Gasteiger charge is -2.39. The van der Waals surface area contributed by atoms with Gasteiger partial charge in [-0.05, 0) is 32.6 Å². The van der Waals surface area contributed by atoms with E-state index in [0.717, 1.165) is 4.90 Å². The summed E-state index contributed by atoms with van der Waals surface area (Å²) in [6.07, 6.45) is 13.7. The molecular weight excluding hydrogens is 494 g/mol. The van der Waals surface area contributed by atoms with Crippen LogP contribution in [0, 0.1) is 0 Å². The molecule has 2 aliphatic rings. The number of hydrogen-bond donors (Lipinski definition) is 0. The highest BCUT2D eigenvalue weighted by molar-refractivity contribution is 7.93. The fraction of sp³-hybridized carbons (Fsp3) is 0.846. The van der Waals surface area contributed by atoms with Gasteiger partial charge in [0.15, 0.2) is 9.84 Å². The predicted molar refractivity (Wildman–Crippen MR) is 141 cm³/mol. The highest BCUT2D eigenvalue weighted by Gasteiger charge is 2.68. The van der Waals surface area contributed by atoms with Crippen molar-refractivity contribution >= 4 is 21.7 Å². The van der Waals surface area contributed by atoms with Gasteiger partial charge in [0.1, 0.15) is 10.1 Å².